The minimum atomic E-state index is -0.230. The maximum Gasteiger partial charge on any atom is 0.219 e. The van der Waals surface area contributed by atoms with Crippen molar-refractivity contribution in [3.63, 3.8) is 0 Å². The van der Waals surface area contributed by atoms with Gasteiger partial charge in [-0.15, -0.1) is 0 Å². The van der Waals surface area contributed by atoms with Gasteiger partial charge in [0.2, 0.25) is 5.91 Å². The highest BCUT2D eigenvalue weighted by Gasteiger charge is 2.19. The lowest BCUT2D eigenvalue weighted by atomic mass is 10.2. The van der Waals surface area contributed by atoms with Crippen molar-refractivity contribution in [2.24, 2.45) is 0 Å². The standard InChI is InChI=1S/C13H16BrFN2O/c1-10(18)17-6-4-16(5-7-17)9-11-2-3-12(15)8-13(11)14/h2-3,8H,4-7,9H2,1H3. The second-order valence-electron chi connectivity index (χ2n) is 4.52. The van der Waals surface area contributed by atoms with Crippen LogP contribution in [0.2, 0.25) is 0 Å². The average molecular weight is 315 g/mol. The summed E-state index contributed by atoms with van der Waals surface area (Å²) < 4.78 is 13.8. The van der Waals surface area contributed by atoms with Crippen LogP contribution in [0.25, 0.3) is 0 Å². The number of rotatable bonds is 2. The molecule has 18 heavy (non-hydrogen) atoms. The molecule has 1 aliphatic heterocycles. The monoisotopic (exact) mass is 314 g/mol. The number of piperazine rings is 1. The van der Waals surface area contributed by atoms with E-state index in [1.54, 1.807) is 13.0 Å². The largest absolute Gasteiger partial charge is 0.340 e. The Balaban J connectivity index is 1.93. The number of hydrogen-bond donors (Lipinski definition) is 0. The van der Waals surface area contributed by atoms with E-state index in [4.69, 9.17) is 0 Å². The molecule has 1 amide bonds. The maximum absolute atomic E-state index is 13.0. The smallest absolute Gasteiger partial charge is 0.219 e. The summed E-state index contributed by atoms with van der Waals surface area (Å²) in [5.74, 6) is -0.0929. The van der Waals surface area contributed by atoms with Gasteiger partial charge in [0, 0.05) is 44.1 Å². The Labute approximate surface area is 115 Å². The summed E-state index contributed by atoms with van der Waals surface area (Å²) in [6.45, 7) is 5.66. The maximum atomic E-state index is 13.0. The molecule has 98 valence electrons. The van der Waals surface area contributed by atoms with Gasteiger partial charge in [0.25, 0.3) is 0 Å². The van der Waals surface area contributed by atoms with Gasteiger partial charge in [0.05, 0.1) is 0 Å². The van der Waals surface area contributed by atoms with Crippen LogP contribution in [0.1, 0.15) is 12.5 Å². The molecule has 0 radical (unpaired) electrons. The molecule has 5 heteroatoms. The summed E-state index contributed by atoms with van der Waals surface area (Å²) in [6, 6.07) is 4.77. The zero-order chi connectivity index (χ0) is 13.1. The molecule has 0 aromatic heterocycles. The van der Waals surface area contributed by atoms with E-state index in [1.165, 1.54) is 12.1 Å². The summed E-state index contributed by atoms with van der Waals surface area (Å²) in [5.41, 5.74) is 1.08. The normalized spacial score (nSPS) is 16.9. The summed E-state index contributed by atoms with van der Waals surface area (Å²) in [4.78, 5) is 15.3. The van der Waals surface area contributed by atoms with Crippen molar-refractivity contribution in [1.82, 2.24) is 9.80 Å². The number of amides is 1. The van der Waals surface area contributed by atoms with Gasteiger partial charge >= 0.3 is 0 Å². The molecule has 0 saturated carbocycles. The van der Waals surface area contributed by atoms with Crippen molar-refractivity contribution >= 4 is 21.8 Å². The lowest BCUT2D eigenvalue weighted by Gasteiger charge is -2.34. The van der Waals surface area contributed by atoms with Crippen LogP contribution in [0, 0.1) is 5.82 Å². The number of benzene rings is 1. The highest BCUT2D eigenvalue weighted by Crippen LogP contribution is 2.20. The number of carbonyl (C=O) groups excluding carboxylic acids is 1. The van der Waals surface area contributed by atoms with E-state index < -0.39 is 0 Å². The topological polar surface area (TPSA) is 23.6 Å². The first-order chi connectivity index (χ1) is 8.56. The Bertz CT molecular complexity index is 445. The predicted octanol–water partition coefficient (Wildman–Crippen LogP) is 2.25. The summed E-state index contributed by atoms with van der Waals surface area (Å²) >= 11 is 3.38. The fourth-order valence-corrected chi connectivity index (χ4v) is 2.59. The Kier molecular flexibility index (Phi) is 4.35. The molecule has 1 fully saturated rings. The molecule has 0 bridgehead atoms. The number of nitrogens with zero attached hydrogens (tertiary/aromatic N) is 2. The molecule has 0 unspecified atom stereocenters. The third-order valence-corrected chi connectivity index (χ3v) is 3.96. The van der Waals surface area contributed by atoms with Gasteiger partial charge < -0.3 is 4.90 Å². The lowest BCUT2D eigenvalue weighted by molar-refractivity contribution is -0.130. The Morgan fingerprint density at radius 3 is 2.56 bits per heavy atom. The molecular formula is C13H16BrFN2O. The van der Waals surface area contributed by atoms with Crippen molar-refractivity contribution in [1.29, 1.82) is 0 Å². The van der Waals surface area contributed by atoms with Crippen molar-refractivity contribution in [2.45, 2.75) is 13.5 Å². The van der Waals surface area contributed by atoms with Crippen molar-refractivity contribution in [3.8, 4) is 0 Å². The highest BCUT2D eigenvalue weighted by molar-refractivity contribution is 9.10. The van der Waals surface area contributed by atoms with E-state index in [9.17, 15) is 9.18 Å². The molecule has 1 saturated heterocycles. The van der Waals surface area contributed by atoms with Gasteiger partial charge in [0.1, 0.15) is 5.82 Å². The fraction of sp³-hybridized carbons (Fsp3) is 0.462. The van der Waals surface area contributed by atoms with Gasteiger partial charge in [-0.2, -0.15) is 0 Å². The van der Waals surface area contributed by atoms with E-state index >= 15 is 0 Å². The third kappa shape index (κ3) is 3.29. The minimum Gasteiger partial charge on any atom is -0.340 e. The molecule has 0 spiro atoms. The third-order valence-electron chi connectivity index (χ3n) is 3.23. The van der Waals surface area contributed by atoms with Crippen LogP contribution in [0.4, 0.5) is 4.39 Å². The van der Waals surface area contributed by atoms with Crippen molar-refractivity contribution in [3.05, 3.63) is 34.1 Å². The van der Waals surface area contributed by atoms with Gasteiger partial charge in [0.15, 0.2) is 0 Å². The van der Waals surface area contributed by atoms with Crippen LogP contribution in [0.5, 0.6) is 0 Å². The molecule has 1 aliphatic rings. The Morgan fingerprint density at radius 2 is 2.00 bits per heavy atom. The van der Waals surface area contributed by atoms with Gasteiger partial charge in [-0.1, -0.05) is 22.0 Å². The zero-order valence-electron chi connectivity index (χ0n) is 10.3. The van der Waals surface area contributed by atoms with Crippen molar-refractivity contribution < 1.29 is 9.18 Å². The van der Waals surface area contributed by atoms with E-state index in [0.717, 1.165) is 42.8 Å². The van der Waals surface area contributed by atoms with E-state index in [1.807, 2.05) is 4.90 Å². The molecule has 0 aliphatic carbocycles. The zero-order valence-corrected chi connectivity index (χ0v) is 11.9. The number of halogens is 2. The lowest BCUT2D eigenvalue weighted by Crippen LogP contribution is -2.47. The van der Waals surface area contributed by atoms with Crippen LogP contribution in [-0.2, 0) is 11.3 Å². The minimum absolute atomic E-state index is 0.137. The highest BCUT2D eigenvalue weighted by atomic mass is 79.9. The van der Waals surface area contributed by atoms with Crippen LogP contribution < -0.4 is 0 Å². The van der Waals surface area contributed by atoms with Crippen LogP contribution in [0.3, 0.4) is 0 Å². The summed E-state index contributed by atoms with van der Waals surface area (Å²) in [6.07, 6.45) is 0. The molecule has 3 nitrogen and oxygen atoms in total. The van der Waals surface area contributed by atoms with E-state index in [-0.39, 0.29) is 11.7 Å². The predicted molar refractivity (Wildman–Crippen MR) is 71.6 cm³/mol. The van der Waals surface area contributed by atoms with Crippen LogP contribution >= 0.6 is 15.9 Å². The van der Waals surface area contributed by atoms with E-state index in [0.29, 0.717) is 0 Å². The van der Waals surface area contributed by atoms with Gasteiger partial charge in [-0.25, -0.2) is 4.39 Å². The first-order valence-corrected chi connectivity index (χ1v) is 6.77. The van der Waals surface area contributed by atoms with E-state index in [2.05, 4.69) is 20.8 Å². The van der Waals surface area contributed by atoms with Crippen LogP contribution in [-0.4, -0.2) is 41.9 Å². The first-order valence-electron chi connectivity index (χ1n) is 5.98. The molecule has 0 atom stereocenters. The van der Waals surface area contributed by atoms with Gasteiger partial charge in [-0.05, 0) is 17.7 Å². The van der Waals surface area contributed by atoms with Gasteiger partial charge in [-0.3, -0.25) is 9.69 Å². The molecule has 0 N–H and O–H groups in total. The first kappa shape index (κ1) is 13.5. The molecular weight excluding hydrogens is 299 g/mol. The Hall–Kier alpha value is -0.940. The fourth-order valence-electron chi connectivity index (χ4n) is 2.11. The SMILES string of the molecule is CC(=O)N1CCN(Cc2ccc(F)cc2Br)CC1. The summed E-state index contributed by atoms with van der Waals surface area (Å²) in [5, 5.41) is 0. The molecule has 1 heterocycles. The average Bonchev–Trinajstić information content (AvgIpc) is 2.33. The van der Waals surface area contributed by atoms with Crippen LogP contribution in [0.15, 0.2) is 22.7 Å². The molecule has 1 aromatic rings. The Morgan fingerprint density at radius 1 is 1.33 bits per heavy atom. The summed E-state index contributed by atoms with van der Waals surface area (Å²) in [7, 11) is 0. The number of carbonyl (C=O) groups is 1. The molecule has 1 aromatic carbocycles. The molecule has 2 rings (SSSR count). The second kappa shape index (κ2) is 5.80. The van der Waals surface area contributed by atoms with Crippen molar-refractivity contribution in [2.75, 3.05) is 26.2 Å². The number of hydrogen-bond acceptors (Lipinski definition) is 2. The quantitative estimate of drug-likeness (QED) is 0.836. The second-order valence-corrected chi connectivity index (χ2v) is 5.37.